The highest BCUT2D eigenvalue weighted by Crippen LogP contribution is 2.21. The fourth-order valence-corrected chi connectivity index (χ4v) is 2.47. The number of rotatable bonds is 5. The minimum Gasteiger partial charge on any atom is -0.475 e. The molecule has 7 nitrogen and oxygen atoms in total. The molecule has 1 aromatic carbocycles. The van der Waals surface area contributed by atoms with Gasteiger partial charge in [0.2, 0.25) is 5.76 Å². The number of furan rings is 1. The van der Waals surface area contributed by atoms with E-state index in [0.29, 0.717) is 12.3 Å². The molecule has 0 fully saturated rings. The molecule has 2 aromatic heterocycles. The fourth-order valence-electron chi connectivity index (χ4n) is 2.42. The Labute approximate surface area is 142 Å². The topological polar surface area (TPSA) is 106 Å². The number of carboxylic acids is 1. The monoisotopic (exact) mass is 342 g/mol. The van der Waals surface area contributed by atoms with Crippen LogP contribution in [-0.4, -0.2) is 27.0 Å². The molecule has 24 heavy (non-hydrogen) atoms. The number of thiocarbonyl (C=S) groups is 1. The first kappa shape index (κ1) is 15.8. The van der Waals surface area contributed by atoms with Crippen molar-refractivity contribution in [1.82, 2.24) is 9.99 Å². The van der Waals surface area contributed by atoms with Gasteiger partial charge in [-0.25, -0.2) is 4.79 Å². The van der Waals surface area contributed by atoms with Gasteiger partial charge in [-0.05, 0) is 30.4 Å². The van der Waals surface area contributed by atoms with Gasteiger partial charge in [0, 0.05) is 22.7 Å². The van der Waals surface area contributed by atoms with Crippen LogP contribution in [-0.2, 0) is 6.54 Å². The van der Waals surface area contributed by atoms with E-state index in [2.05, 4.69) is 10.5 Å². The summed E-state index contributed by atoms with van der Waals surface area (Å²) in [5.74, 6) is -0.614. The highest BCUT2D eigenvalue weighted by Gasteiger charge is 2.12. The Balaban J connectivity index is 1.94. The van der Waals surface area contributed by atoms with Crippen LogP contribution in [0, 0.1) is 0 Å². The number of nitrogens with two attached hydrogens (primary N) is 1. The van der Waals surface area contributed by atoms with Gasteiger partial charge < -0.3 is 19.8 Å². The number of hydrogen-bond donors (Lipinski definition) is 3. The molecule has 0 aliphatic carbocycles. The molecular weight excluding hydrogens is 328 g/mol. The predicted molar refractivity (Wildman–Crippen MR) is 94.2 cm³/mol. The van der Waals surface area contributed by atoms with Crippen LogP contribution in [0.25, 0.3) is 10.9 Å². The van der Waals surface area contributed by atoms with Gasteiger partial charge in [-0.3, -0.25) is 5.43 Å². The van der Waals surface area contributed by atoms with Crippen molar-refractivity contribution in [2.45, 2.75) is 6.54 Å². The highest BCUT2D eigenvalue weighted by atomic mass is 32.1. The van der Waals surface area contributed by atoms with Crippen molar-refractivity contribution in [3.8, 4) is 0 Å². The Hall–Kier alpha value is -3.13. The number of nitrogens with one attached hydrogen (secondary N) is 1. The first-order chi connectivity index (χ1) is 11.5. The molecule has 3 aromatic rings. The maximum absolute atomic E-state index is 10.9. The maximum atomic E-state index is 10.9. The molecule has 122 valence electrons. The summed E-state index contributed by atoms with van der Waals surface area (Å²) in [6.45, 7) is 0.407. The summed E-state index contributed by atoms with van der Waals surface area (Å²) >= 11 is 4.71. The van der Waals surface area contributed by atoms with Crippen molar-refractivity contribution in [3.63, 3.8) is 0 Å². The smallest absolute Gasteiger partial charge is 0.371 e. The average Bonchev–Trinajstić information content (AvgIpc) is 3.14. The van der Waals surface area contributed by atoms with E-state index in [4.69, 9.17) is 27.5 Å². The molecule has 0 spiro atoms. The predicted octanol–water partition coefficient (Wildman–Crippen LogP) is 2.15. The zero-order chi connectivity index (χ0) is 17.1. The average molecular weight is 342 g/mol. The van der Waals surface area contributed by atoms with Gasteiger partial charge in [0.1, 0.15) is 5.76 Å². The van der Waals surface area contributed by atoms with Gasteiger partial charge in [-0.2, -0.15) is 5.10 Å². The van der Waals surface area contributed by atoms with Gasteiger partial charge in [-0.15, -0.1) is 0 Å². The quantitative estimate of drug-likeness (QED) is 0.373. The molecule has 0 radical (unpaired) electrons. The largest absolute Gasteiger partial charge is 0.475 e. The lowest BCUT2D eigenvalue weighted by atomic mass is 10.2. The van der Waals surface area contributed by atoms with Gasteiger partial charge in [0.25, 0.3) is 0 Å². The summed E-state index contributed by atoms with van der Waals surface area (Å²) in [5.41, 5.74) is 9.71. The van der Waals surface area contributed by atoms with Crippen molar-refractivity contribution in [1.29, 1.82) is 0 Å². The molecule has 4 N–H and O–H groups in total. The van der Waals surface area contributed by atoms with E-state index in [1.165, 1.54) is 6.07 Å². The second-order valence-corrected chi connectivity index (χ2v) is 5.47. The zero-order valence-corrected chi connectivity index (χ0v) is 13.3. The van der Waals surface area contributed by atoms with Gasteiger partial charge in [-0.1, -0.05) is 18.2 Å². The molecule has 0 amide bonds. The molecule has 0 aliphatic rings. The third kappa shape index (κ3) is 3.28. The summed E-state index contributed by atoms with van der Waals surface area (Å²) in [6, 6.07) is 10.9. The third-order valence-electron chi connectivity index (χ3n) is 3.40. The summed E-state index contributed by atoms with van der Waals surface area (Å²) in [4.78, 5) is 10.9. The van der Waals surface area contributed by atoms with E-state index in [-0.39, 0.29) is 10.9 Å². The van der Waals surface area contributed by atoms with Gasteiger partial charge in [0.15, 0.2) is 5.11 Å². The number of nitrogens with zero attached hydrogens (tertiary/aromatic N) is 2. The number of benzene rings is 1. The molecule has 3 rings (SSSR count). The molecule has 0 saturated carbocycles. The lowest BCUT2D eigenvalue weighted by molar-refractivity contribution is 0.0660. The lowest BCUT2D eigenvalue weighted by Crippen LogP contribution is -2.23. The maximum Gasteiger partial charge on any atom is 0.371 e. The zero-order valence-electron chi connectivity index (χ0n) is 12.5. The second kappa shape index (κ2) is 6.55. The fraction of sp³-hybridized carbons (Fsp3) is 0.0625. The summed E-state index contributed by atoms with van der Waals surface area (Å²) in [6.07, 6.45) is 3.53. The van der Waals surface area contributed by atoms with Crippen LogP contribution in [0.1, 0.15) is 21.9 Å². The molecule has 0 aliphatic heterocycles. The van der Waals surface area contributed by atoms with E-state index in [1.54, 1.807) is 12.3 Å². The first-order valence-corrected chi connectivity index (χ1v) is 7.44. The minimum atomic E-state index is -1.09. The molecule has 0 bridgehead atoms. The highest BCUT2D eigenvalue weighted by molar-refractivity contribution is 7.80. The van der Waals surface area contributed by atoms with E-state index >= 15 is 0 Å². The number of para-hydroxylation sites is 1. The number of aromatic nitrogens is 1. The Morgan fingerprint density at radius 2 is 2.17 bits per heavy atom. The van der Waals surface area contributed by atoms with Crippen LogP contribution in [0.3, 0.4) is 0 Å². The Kier molecular flexibility index (Phi) is 4.30. The van der Waals surface area contributed by atoms with Crippen LogP contribution in [0.2, 0.25) is 0 Å². The van der Waals surface area contributed by atoms with Gasteiger partial charge >= 0.3 is 5.97 Å². The molecule has 0 atom stereocenters. The number of carbonyl (C=O) groups is 1. The Bertz CT molecular complexity index is 942. The van der Waals surface area contributed by atoms with Crippen molar-refractivity contribution in [2.24, 2.45) is 10.8 Å². The molecular formula is C16H14N4O3S. The Morgan fingerprint density at radius 1 is 1.38 bits per heavy atom. The molecule has 2 heterocycles. The molecule has 8 heteroatoms. The molecule has 0 unspecified atom stereocenters. The number of hydrazone groups is 1. The number of aromatic carboxylic acids is 1. The van der Waals surface area contributed by atoms with Crippen LogP contribution in [0.15, 0.2) is 52.1 Å². The summed E-state index contributed by atoms with van der Waals surface area (Å²) in [5, 5.41) is 14.0. The van der Waals surface area contributed by atoms with Crippen molar-refractivity contribution >= 4 is 40.4 Å². The van der Waals surface area contributed by atoms with E-state index in [0.717, 1.165) is 16.5 Å². The van der Waals surface area contributed by atoms with E-state index < -0.39 is 5.97 Å². The second-order valence-electron chi connectivity index (χ2n) is 5.03. The normalized spacial score (nSPS) is 11.2. The van der Waals surface area contributed by atoms with E-state index in [1.807, 2.05) is 35.0 Å². The standard InChI is InChI=1S/C16H14N4O3S/c17-16(24)19-18-7-10-8-20(13-4-2-1-3-12(10)13)9-11-5-6-14(23-11)15(21)22/h1-8H,9H2,(H,21,22)(H3,17,19,24)/b18-7+. The third-order valence-corrected chi connectivity index (χ3v) is 3.49. The van der Waals surface area contributed by atoms with Gasteiger partial charge in [0.05, 0.1) is 12.8 Å². The van der Waals surface area contributed by atoms with Crippen LogP contribution < -0.4 is 11.2 Å². The summed E-state index contributed by atoms with van der Waals surface area (Å²) in [7, 11) is 0. The SMILES string of the molecule is NC(=S)N/N=C/c1cn(Cc2ccc(C(=O)O)o2)c2ccccc12. The van der Waals surface area contributed by atoms with Crippen molar-refractivity contribution < 1.29 is 14.3 Å². The van der Waals surface area contributed by atoms with E-state index in [9.17, 15) is 4.79 Å². The first-order valence-electron chi connectivity index (χ1n) is 7.03. The number of carboxylic acid groups (broad SMARTS) is 1. The van der Waals surface area contributed by atoms with Crippen LogP contribution >= 0.6 is 12.2 Å². The number of hydrogen-bond acceptors (Lipinski definition) is 4. The minimum absolute atomic E-state index is 0.0797. The van der Waals surface area contributed by atoms with Crippen molar-refractivity contribution in [2.75, 3.05) is 0 Å². The lowest BCUT2D eigenvalue weighted by Gasteiger charge is -2.02. The van der Waals surface area contributed by atoms with Crippen LogP contribution in [0.5, 0.6) is 0 Å². The van der Waals surface area contributed by atoms with Crippen LogP contribution in [0.4, 0.5) is 0 Å². The number of fused-ring (bicyclic) bond motifs is 1. The molecule has 0 saturated heterocycles. The Morgan fingerprint density at radius 3 is 2.88 bits per heavy atom. The van der Waals surface area contributed by atoms with Crippen molar-refractivity contribution in [3.05, 3.63) is 59.7 Å². The summed E-state index contributed by atoms with van der Waals surface area (Å²) < 4.78 is 7.28.